The lowest BCUT2D eigenvalue weighted by Crippen LogP contribution is -2.46. The van der Waals surface area contributed by atoms with E-state index in [-0.39, 0.29) is 0 Å². The summed E-state index contributed by atoms with van der Waals surface area (Å²) in [6.45, 7) is 4.99. The second kappa shape index (κ2) is 6.77. The Kier molecular flexibility index (Phi) is 4.78. The van der Waals surface area contributed by atoms with Gasteiger partial charge in [0.25, 0.3) is 0 Å². The number of pyridine rings is 1. The molecule has 0 aliphatic carbocycles. The molecule has 1 fully saturated rings. The molecule has 3 rings (SSSR count). The minimum atomic E-state index is 0.709. The van der Waals surface area contributed by atoms with E-state index < -0.39 is 0 Å². The third-order valence-corrected chi connectivity index (χ3v) is 4.42. The Bertz CT molecular complexity index is 598. The molecule has 1 saturated heterocycles. The van der Waals surface area contributed by atoms with Crippen LogP contribution in [0.4, 0.5) is 5.82 Å². The summed E-state index contributed by atoms with van der Waals surface area (Å²) >= 11 is 9.67. The SMILES string of the molecule is Clc1cc(Br)cnc1N1CCN(Cc2ccccc2)CC1. The van der Waals surface area contributed by atoms with Gasteiger partial charge in [0.2, 0.25) is 0 Å². The predicted molar refractivity (Wildman–Crippen MR) is 90.9 cm³/mol. The predicted octanol–water partition coefficient (Wildman–Crippen LogP) is 3.82. The number of benzene rings is 1. The van der Waals surface area contributed by atoms with Crippen molar-refractivity contribution in [1.82, 2.24) is 9.88 Å². The van der Waals surface area contributed by atoms with E-state index in [1.54, 1.807) is 6.20 Å². The summed E-state index contributed by atoms with van der Waals surface area (Å²) in [5.74, 6) is 0.888. The normalized spacial score (nSPS) is 16.2. The number of piperazine rings is 1. The fraction of sp³-hybridized carbons (Fsp3) is 0.312. The zero-order valence-electron chi connectivity index (χ0n) is 11.7. The van der Waals surface area contributed by atoms with Crippen LogP contribution in [0.2, 0.25) is 5.02 Å². The van der Waals surface area contributed by atoms with E-state index in [4.69, 9.17) is 11.6 Å². The number of aromatic nitrogens is 1. The zero-order valence-corrected chi connectivity index (χ0v) is 14.0. The molecule has 3 nitrogen and oxygen atoms in total. The molecule has 110 valence electrons. The zero-order chi connectivity index (χ0) is 14.7. The fourth-order valence-corrected chi connectivity index (χ4v) is 3.35. The van der Waals surface area contributed by atoms with Gasteiger partial charge in [0.15, 0.2) is 0 Å². The van der Waals surface area contributed by atoms with Crippen LogP contribution in [0.5, 0.6) is 0 Å². The lowest BCUT2D eigenvalue weighted by atomic mass is 10.2. The van der Waals surface area contributed by atoms with Gasteiger partial charge >= 0.3 is 0 Å². The first-order valence-electron chi connectivity index (χ1n) is 7.04. The number of anilines is 1. The van der Waals surface area contributed by atoms with Gasteiger partial charge in [-0.15, -0.1) is 0 Å². The highest BCUT2D eigenvalue weighted by atomic mass is 79.9. The lowest BCUT2D eigenvalue weighted by molar-refractivity contribution is 0.249. The molecule has 0 unspecified atom stereocenters. The largest absolute Gasteiger partial charge is 0.353 e. The van der Waals surface area contributed by atoms with E-state index in [1.165, 1.54) is 5.56 Å². The quantitative estimate of drug-likeness (QED) is 0.823. The standard InChI is InChI=1S/C16H17BrClN3/c17-14-10-15(18)16(19-11-14)21-8-6-20(7-9-21)12-13-4-2-1-3-5-13/h1-5,10-11H,6-9,12H2. The fourth-order valence-electron chi connectivity index (χ4n) is 2.60. The molecule has 0 saturated carbocycles. The number of nitrogens with zero attached hydrogens (tertiary/aromatic N) is 3. The summed E-state index contributed by atoms with van der Waals surface area (Å²) in [6, 6.07) is 12.5. The van der Waals surface area contributed by atoms with Crippen LogP contribution in [-0.2, 0) is 6.54 Å². The highest BCUT2D eigenvalue weighted by Gasteiger charge is 2.19. The Balaban J connectivity index is 1.60. The highest BCUT2D eigenvalue weighted by molar-refractivity contribution is 9.10. The molecule has 5 heteroatoms. The molecule has 1 aliphatic heterocycles. The number of halogens is 2. The third kappa shape index (κ3) is 3.76. The van der Waals surface area contributed by atoms with E-state index in [9.17, 15) is 0 Å². The molecule has 1 aliphatic rings. The molecular formula is C16H17BrClN3. The number of hydrogen-bond acceptors (Lipinski definition) is 3. The summed E-state index contributed by atoms with van der Waals surface area (Å²) in [7, 11) is 0. The van der Waals surface area contributed by atoms with Gasteiger partial charge in [-0.25, -0.2) is 4.98 Å². The summed E-state index contributed by atoms with van der Waals surface area (Å²) in [5.41, 5.74) is 1.37. The van der Waals surface area contributed by atoms with Crippen LogP contribution >= 0.6 is 27.5 Å². The molecular weight excluding hydrogens is 350 g/mol. The van der Waals surface area contributed by atoms with E-state index in [0.29, 0.717) is 5.02 Å². The van der Waals surface area contributed by atoms with E-state index in [1.807, 2.05) is 6.07 Å². The summed E-state index contributed by atoms with van der Waals surface area (Å²) in [4.78, 5) is 9.17. The van der Waals surface area contributed by atoms with Gasteiger partial charge in [0.05, 0.1) is 5.02 Å². The molecule has 0 radical (unpaired) electrons. The molecule has 0 atom stereocenters. The smallest absolute Gasteiger partial charge is 0.147 e. The van der Waals surface area contributed by atoms with Crippen LogP contribution in [0, 0.1) is 0 Å². The summed E-state index contributed by atoms with van der Waals surface area (Å²) < 4.78 is 0.916. The first-order valence-corrected chi connectivity index (χ1v) is 8.22. The van der Waals surface area contributed by atoms with E-state index in [2.05, 4.69) is 61.0 Å². The Morgan fingerprint density at radius 3 is 2.48 bits per heavy atom. The van der Waals surface area contributed by atoms with Gasteiger partial charge in [-0.1, -0.05) is 41.9 Å². The van der Waals surface area contributed by atoms with Gasteiger partial charge in [-0.2, -0.15) is 0 Å². The topological polar surface area (TPSA) is 19.4 Å². The maximum Gasteiger partial charge on any atom is 0.147 e. The minimum absolute atomic E-state index is 0.709. The van der Waals surface area contributed by atoms with Crippen LogP contribution < -0.4 is 4.90 Å². The second-order valence-corrected chi connectivity index (χ2v) is 6.53. The molecule has 2 aromatic rings. The molecule has 0 bridgehead atoms. The van der Waals surface area contributed by atoms with Crippen molar-refractivity contribution in [2.75, 3.05) is 31.1 Å². The Morgan fingerprint density at radius 1 is 1.10 bits per heavy atom. The van der Waals surface area contributed by atoms with Crippen molar-refractivity contribution in [3.8, 4) is 0 Å². The third-order valence-electron chi connectivity index (χ3n) is 3.71. The molecule has 0 amide bonds. The Morgan fingerprint density at radius 2 is 1.81 bits per heavy atom. The first kappa shape index (κ1) is 14.8. The minimum Gasteiger partial charge on any atom is -0.353 e. The van der Waals surface area contributed by atoms with Crippen molar-refractivity contribution >= 4 is 33.3 Å². The molecule has 0 N–H and O–H groups in total. The van der Waals surface area contributed by atoms with Crippen LogP contribution in [0.15, 0.2) is 47.1 Å². The Labute approximate surface area is 138 Å². The van der Waals surface area contributed by atoms with Crippen molar-refractivity contribution in [3.63, 3.8) is 0 Å². The Hall–Kier alpha value is -1.10. The van der Waals surface area contributed by atoms with Crippen LogP contribution in [0.3, 0.4) is 0 Å². The van der Waals surface area contributed by atoms with Gasteiger partial charge in [0, 0.05) is 43.4 Å². The number of hydrogen-bond donors (Lipinski definition) is 0. The maximum absolute atomic E-state index is 6.28. The van der Waals surface area contributed by atoms with E-state index in [0.717, 1.165) is 43.0 Å². The first-order chi connectivity index (χ1) is 10.2. The molecule has 0 spiro atoms. The summed E-state index contributed by atoms with van der Waals surface area (Å²) in [5, 5.41) is 0.709. The van der Waals surface area contributed by atoms with Crippen molar-refractivity contribution < 1.29 is 0 Å². The molecule has 1 aromatic carbocycles. The van der Waals surface area contributed by atoms with Gasteiger partial charge in [0.1, 0.15) is 5.82 Å². The summed E-state index contributed by atoms with van der Waals surface area (Å²) in [6.07, 6.45) is 1.80. The van der Waals surface area contributed by atoms with Crippen LogP contribution in [0.25, 0.3) is 0 Å². The van der Waals surface area contributed by atoms with Gasteiger partial charge in [-0.05, 0) is 27.6 Å². The van der Waals surface area contributed by atoms with Crippen molar-refractivity contribution in [1.29, 1.82) is 0 Å². The maximum atomic E-state index is 6.28. The van der Waals surface area contributed by atoms with Crippen LogP contribution in [0.1, 0.15) is 5.56 Å². The second-order valence-electron chi connectivity index (χ2n) is 5.21. The average molecular weight is 367 g/mol. The molecule has 2 heterocycles. The molecule has 1 aromatic heterocycles. The highest BCUT2D eigenvalue weighted by Crippen LogP contribution is 2.27. The average Bonchev–Trinajstić information content (AvgIpc) is 2.49. The van der Waals surface area contributed by atoms with Crippen LogP contribution in [-0.4, -0.2) is 36.1 Å². The van der Waals surface area contributed by atoms with Gasteiger partial charge in [-0.3, -0.25) is 4.90 Å². The van der Waals surface area contributed by atoms with Crippen molar-refractivity contribution in [2.45, 2.75) is 6.54 Å². The molecule has 21 heavy (non-hydrogen) atoms. The van der Waals surface area contributed by atoms with Crippen molar-refractivity contribution in [2.24, 2.45) is 0 Å². The van der Waals surface area contributed by atoms with Gasteiger partial charge < -0.3 is 4.90 Å². The lowest BCUT2D eigenvalue weighted by Gasteiger charge is -2.35. The van der Waals surface area contributed by atoms with Crippen molar-refractivity contribution in [3.05, 3.63) is 57.7 Å². The van der Waals surface area contributed by atoms with E-state index >= 15 is 0 Å². The number of rotatable bonds is 3. The monoisotopic (exact) mass is 365 g/mol.